The average molecular weight is 404 g/mol. The summed E-state index contributed by atoms with van der Waals surface area (Å²) in [6, 6.07) is 7.67. The number of hydrogen-bond donors (Lipinski definition) is 2. The number of amides is 1. The first-order valence-corrected chi connectivity index (χ1v) is 11.2. The molecule has 1 aromatic heterocycles. The number of likely N-dealkylation sites (N-methyl/N-ethyl adjacent to an activating group) is 1. The number of rotatable bonds is 9. The van der Waals surface area contributed by atoms with E-state index in [0.29, 0.717) is 25.9 Å². The van der Waals surface area contributed by atoms with E-state index in [1.165, 1.54) is 10.9 Å². The van der Waals surface area contributed by atoms with Gasteiger partial charge in [0.2, 0.25) is 5.91 Å². The highest BCUT2D eigenvalue weighted by Gasteiger charge is 2.33. The van der Waals surface area contributed by atoms with Crippen molar-refractivity contribution in [3.63, 3.8) is 0 Å². The summed E-state index contributed by atoms with van der Waals surface area (Å²) in [6.07, 6.45) is 6.64. The van der Waals surface area contributed by atoms with Crippen LogP contribution in [0.5, 0.6) is 0 Å². The Kier molecular flexibility index (Phi) is 7.02. The monoisotopic (exact) mass is 403 g/mol. The molecule has 1 fully saturated rings. The molecule has 2 atom stereocenters. The Bertz CT molecular complexity index is 822. The third-order valence-electron chi connectivity index (χ3n) is 5.77. The summed E-state index contributed by atoms with van der Waals surface area (Å²) in [4.78, 5) is 31.4. The van der Waals surface area contributed by atoms with E-state index in [1.54, 1.807) is 11.8 Å². The first-order valence-electron chi connectivity index (χ1n) is 9.77. The van der Waals surface area contributed by atoms with Gasteiger partial charge in [-0.25, -0.2) is 0 Å². The summed E-state index contributed by atoms with van der Waals surface area (Å²) in [5.74, 6) is 0.126. The number of benzene rings is 1. The Morgan fingerprint density at radius 1 is 1.43 bits per heavy atom. The predicted molar refractivity (Wildman–Crippen MR) is 114 cm³/mol. The second-order valence-electron chi connectivity index (χ2n) is 7.44. The Morgan fingerprint density at radius 2 is 2.21 bits per heavy atom. The zero-order valence-corrected chi connectivity index (χ0v) is 17.4. The van der Waals surface area contributed by atoms with Gasteiger partial charge in [-0.1, -0.05) is 18.2 Å². The van der Waals surface area contributed by atoms with Gasteiger partial charge in [-0.2, -0.15) is 11.8 Å². The highest BCUT2D eigenvalue weighted by atomic mass is 32.2. The van der Waals surface area contributed by atoms with E-state index in [0.717, 1.165) is 24.1 Å². The van der Waals surface area contributed by atoms with Gasteiger partial charge in [0.05, 0.1) is 0 Å². The topological polar surface area (TPSA) is 76.6 Å². The van der Waals surface area contributed by atoms with E-state index in [9.17, 15) is 14.7 Å². The van der Waals surface area contributed by atoms with Crippen molar-refractivity contribution in [3.8, 4) is 0 Å². The Labute approximate surface area is 170 Å². The van der Waals surface area contributed by atoms with Crippen LogP contribution in [0.4, 0.5) is 0 Å². The second-order valence-corrected chi connectivity index (χ2v) is 8.42. The third kappa shape index (κ3) is 4.70. The van der Waals surface area contributed by atoms with E-state index in [2.05, 4.69) is 17.1 Å². The first kappa shape index (κ1) is 20.7. The summed E-state index contributed by atoms with van der Waals surface area (Å²) in [5.41, 5.74) is 2.35. The van der Waals surface area contributed by atoms with Crippen molar-refractivity contribution in [1.29, 1.82) is 0 Å². The lowest BCUT2D eigenvalue weighted by atomic mass is 9.99. The molecular weight excluding hydrogens is 374 g/mol. The number of fused-ring (bicyclic) bond motifs is 1. The minimum atomic E-state index is -0.800. The number of aromatic nitrogens is 1. The minimum absolute atomic E-state index is 0.000190. The molecule has 1 aliphatic rings. The van der Waals surface area contributed by atoms with Gasteiger partial charge in [-0.3, -0.25) is 14.5 Å². The smallest absolute Gasteiger partial charge is 0.320 e. The highest BCUT2D eigenvalue weighted by Crippen LogP contribution is 2.22. The number of likely N-dealkylation sites (tertiary alicyclic amines) is 1. The fourth-order valence-corrected chi connectivity index (χ4v) is 4.48. The number of carboxylic acid groups (broad SMARTS) is 1. The molecule has 0 spiro atoms. The summed E-state index contributed by atoms with van der Waals surface area (Å²) in [5, 5.41) is 10.8. The number of thioether (sulfide) groups is 1. The number of aromatic amines is 1. The zero-order valence-electron chi connectivity index (χ0n) is 16.6. The van der Waals surface area contributed by atoms with E-state index in [-0.39, 0.29) is 11.9 Å². The molecule has 6 nitrogen and oxygen atoms in total. The van der Waals surface area contributed by atoms with Crippen molar-refractivity contribution in [3.05, 3.63) is 36.0 Å². The van der Waals surface area contributed by atoms with Crippen molar-refractivity contribution in [2.45, 2.75) is 37.8 Å². The van der Waals surface area contributed by atoms with Crippen LogP contribution in [0, 0.1) is 0 Å². The molecule has 7 heteroatoms. The predicted octanol–water partition coefficient (Wildman–Crippen LogP) is 2.84. The standard InChI is InChI=1S/C21H29N3O3S/c1-23(19(21(26)27)9-12-28-2)16-8-11-24(20(25)13-16)10-7-15-14-22-18-6-4-3-5-17(15)18/h3-6,14,16,19,22H,7-13H2,1-2H3,(H,26,27). The van der Waals surface area contributed by atoms with E-state index in [4.69, 9.17) is 0 Å². The number of nitrogens with one attached hydrogen (secondary N) is 1. The van der Waals surface area contributed by atoms with Crippen LogP contribution >= 0.6 is 11.8 Å². The molecule has 0 radical (unpaired) electrons. The van der Waals surface area contributed by atoms with Crippen LogP contribution < -0.4 is 0 Å². The number of H-pyrrole nitrogens is 1. The highest BCUT2D eigenvalue weighted by molar-refractivity contribution is 7.98. The van der Waals surface area contributed by atoms with Crippen molar-refractivity contribution < 1.29 is 14.7 Å². The summed E-state index contributed by atoms with van der Waals surface area (Å²) >= 11 is 1.65. The number of aliphatic carboxylic acids is 1. The number of carboxylic acids is 1. The van der Waals surface area contributed by atoms with Gasteiger partial charge in [0.15, 0.2) is 0 Å². The van der Waals surface area contributed by atoms with Gasteiger partial charge in [-0.15, -0.1) is 0 Å². The maximum atomic E-state index is 12.7. The lowest BCUT2D eigenvalue weighted by molar-refractivity contribution is -0.146. The van der Waals surface area contributed by atoms with Gasteiger partial charge in [-0.05, 0) is 49.9 Å². The minimum Gasteiger partial charge on any atom is -0.480 e. The molecule has 2 unspecified atom stereocenters. The fourth-order valence-electron chi connectivity index (χ4n) is 4.03. The van der Waals surface area contributed by atoms with Crippen LogP contribution in [0.2, 0.25) is 0 Å². The van der Waals surface area contributed by atoms with Gasteiger partial charge < -0.3 is 15.0 Å². The van der Waals surface area contributed by atoms with Crippen LogP contribution in [0.15, 0.2) is 30.5 Å². The molecule has 1 saturated heterocycles. The first-order chi connectivity index (χ1) is 13.5. The van der Waals surface area contributed by atoms with Crippen LogP contribution in [0.25, 0.3) is 10.9 Å². The molecule has 152 valence electrons. The molecule has 2 N–H and O–H groups in total. The van der Waals surface area contributed by atoms with Crippen LogP contribution in [0.1, 0.15) is 24.8 Å². The molecule has 0 bridgehead atoms. The number of hydrogen-bond acceptors (Lipinski definition) is 4. The lowest BCUT2D eigenvalue weighted by Crippen LogP contribution is -2.52. The van der Waals surface area contributed by atoms with Gasteiger partial charge in [0.1, 0.15) is 6.04 Å². The quantitative estimate of drug-likeness (QED) is 0.673. The third-order valence-corrected chi connectivity index (χ3v) is 6.41. The van der Waals surface area contributed by atoms with Crippen LogP contribution in [-0.4, -0.2) is 76.0 Å². The lowest BCUT2D eigenvalue weighted by Gasteiger charge is -2.38. The van der Waals surface area contributed by atoms with Crippen molar-refractivity contribution in [2.75, 3.05) is 32.1 Å². The molecular formula is C21H29N3O3S. The molecule has 1 aliphatic heterocycles. The molecule has 2 aromatic rings. The Hall–Kier alpha value is -1.99. The van der Waals surface area contributed by atoms with Crippen molar-refractivity contribution >= 4 is 34.5 Å². The molecule has 1 aromatic carbocycles. The van der Waals surface area contributed by atoms with E-state index < -0.39 is 12.0 Å². The van der Waals surface area contributed by atoms with Gasteiger partial charge in [0.25, 0.3) is 0 Å². The molecule has 3 rings (SSSR count). The summed E-state index contributed by atoms with van der Waals surface area (Å²) in [7, 11) is 1.85. The maximum absolute atomic E-state index is 12.7. The molecule has 0 saturated carbocycles. The van der Waals surface area contributed by atoms with Gasteiger partial charge >= 0.3 is 5.97 Å². The van der Waals surface area contributed by atoms with Crippen LogP contribution in [0.3, 0.4) is 0 Å². The second kappa shape index (κ2) is 9.47. The van der Waals surface area contributed by atoms with E-state index >= 15 is 0 Å². The number of carbonyl (C=O) groups excluding carboxylic acids is 1. The normalized spacial score (nSPS) is 18.8. The molecule has 2 heterocycles. The average Bonchev–Trinajstić information content (AvgIpc) is 3.10. The Balaban J connectivity index is 1.56. The molecule has 0 aliphatic carbocycles. The number of para-hydroxylation sites is 1. The number of nitrogens with zero attached hydrogens (tertiary/aromatic N) is 2. The molecule has 28 heavy (non-hydrogen) atoms. The SMILES string of the molecule is CSCCC(C(=O)O)N(C)C1CCN(CCc2c[nH]c3ccccc23)C(=O)C1. The van der Waals surface area contributed by atoms with Crippen LogP contribution in [-0.2, 0) is 16.0 Å². The maximum Gasteiger partial charge on any atom is 0.320 e. The number of carbonyl (C=O) groups is 2. The van der Waals surface area contributed by atoms with Gasteiger partial charge in [0, 0.05) is 42.7 Å². The fraction of sp³-hybridized carbons (Fsp3) is 0.524. The zero-order chi connectivity index (χ0) is 20.1. The molecule has 1 amide bonds. The summed E-state index contributed by atoms with van der Waals surface area (Å²) in [6.45, 7) is 1.39. The summed E-state index contributed by atoms with van der Waals surface area (Å²) < 4.78 is 0. The van der Waals surface area contributed by atoms with E-state index in [1.807, 2.05) is 41.4 Å². The number of piperidine rings is 1. The van der Waals surface area contributed by atoms with Crippen molar-refractivity contribution in [1.82, 2.24) is 14.8 Å². The largest absolute Gasteiger partial charge is 0.480 e. The Morgan fingerprint density at radius 3 is 2.93 bits per heavy atom. The van der Waals surface area contributed by atoms with Crippen molar-refractivity contribution in [2.24, 2.45) is 0 Å².